The molecule has 188 valence electrons. The van der Waals surface area contributed by atoms with Gasteiger partial charge in [-0.25, -0.2) is 8.78 Å². The third-order valence-electron chi connectivity index (χ3n) is 8.10. The summed E-state index contributed by atoms with van der Waals surface area (Å²) in [6.07, 6.45) is 6.42. The quantitative estimate of drug-likeness (QED) is 0.338. The SMILES string of the molecule is O=C(Nc1cc(N2CCC(F)(F)CC2)c2ncccc2c1)c1ccc(I)cc1N1CCC2(CC1)CC2. The number of alkyl halides is 2. The van der Waals surface area contributed by atoms with Crippen LogP contribution in [0.15, 0.2) is 48.7 Å². The smallest absolute Gasteiger partial charge is 0.257 e. The molecule has 0 atom stereocenters. The number of fused-ring (bicyclic) bond motifs is 1. The van der Waals surface area contributed by atoms with Crippen molar-refractivity contribution in [2.45, 2.75) is 44.4 Å². The molecule has 0 unspecified atom stereocenters. The van der Waals surface area contributed by atoms with E-state index in [1.54, 1.807) is 6.20 Å². The average molecular weight is 602 g/mol. The molecule has 1 spiro atoms. The number of nitrogens with one attached hydrogen (secondary N) is 1. The maximum absolute atomic E-state index is 13.8. The highest BCUT2D eigenvalue weighted by Gasteiger charge is 2.44. The molecule has 0 bridgehead atoms. The maximum Gasteiger partial charge on any atom is 0.257 e. The summed E-state index contributed by atoms with van der Waals surface area (Å²) in [5.74, 6) is -2.78. The minimum atomic E-state index is -2.62. The van der Waals surface area contributed by atoms with Crippen LogP contribution in [0.3, 0.4) is 0 Å². The molecule has 5 nitrogen and oxygen atoms in total. The third-order valence-corrected chi connectivity index (χ3v) is 8.78. The topological polar surface area (TPSA) is 48.5 Å². The molecule has 1 amide bonds. The van der Waals surface area contributed by atoms with E-state index in [2.05, 4.69) is 43.9 Å². The lowest BCUT2D eigenvalue weighted by Gasteiger charge is -2.35. The fraction of sp³-hybridized carbons (Fsp3) is 0.429. The highest BCUT2D eigenvalue weighted by Crippen LogP contribution is 2.54. The molecule has 2 aromatic carbocycles. The molecule has 3 heterocycles. The number of hydrogen-bond acceptors (Lipinski definition) is 4. The number of carbonyl (C=O) groups excluding carboxylic acids is 1. The molecule has 1 aliphatic carbocycles. The largest absolute Gasteiger partial charge is 0.371 e. The predicted molar refractivity (Wildman–Crippen MR) is 148 cm³/mol. The van der Waals surface area contributed by atoms with Crippen LogP contribution in [-0.2, 0) is 0 Å². The molecule has 2 saturated heterocycles. The molecule has 3 aliphatic rings. The number of halogens is 3. The average Bonchev–Trinajstić information content (AvgIpc) is 3.62. The molecule has 1 aromatic heterocycles. The van der Waals surface area contributed by atoms with Crippen molar-refractivity contribution in [2.24, 2.45) is 5.41 Å². The van der Waals surface area contributed by atoms with Gasteiger partial charge in [-0.1, -0.05) is 6.07 Å². The zero-order valence-electron chi connectivity index (χ0n) is 20.1. The van der Waals surface area contributed by atoms with Crippen molar-refractivity contribution >= 4 is 56.5 Å². The Kier molecular flexibility index (Phi) is 6.05. The standard InChI is InChI=1S/C28H29F2IN4O/c29-28(30)9-14-35(15-10-28)24-18-21(16-19-2-1-11-32-25(19)24)33-26(36)22-4-3-20(31)17-23(22)34-12-7-27(5-6-27)8-13-34/h1-4,11,16-18H,5-10,12-15H2,(H,33,36). The Morgan fingerprint density at radius 3 is 2.31 bits per heavy atom. The number of pyridine rings is 1. The fourth-order valence-corrected chi connectivity index (χ4v) is 6.09. The number of anilines is 3. The van der Waals surface area contributed by atoms with Gasteiger partial charge >= 0.3 is 0 Å². The van der Waals surface area contributed by atoms with Crippen molar-refractivity contribution in [3.8, 4) is 0 Å². The fourth-order valence-electron chi connectivity index (χ4n) is 5.62. The van der Waals surface area contributed by atoms with Crippen LogP contribution < -0.4 is 15.1 Å². The third kappa shape index (κ3) is 4.76. The van der Waals surface area contributed by atoms with Gasteiger partial charge in [-0.2, -0.15) is 0 Å². The number of aromatic nitrogens is 1. The first-order valence-corrected chi connectivity index (χ1v) is 13.8. The van der Waals surface area contributed by atoms with Crippen LogP contribution in [0.2, 0.25) is 0 Å². The maximum atomic E-state index is 13.8. The summed E-state index contributed by atoms with van der Waals surface area (Å²) in [5, 5.41) is 3.97. The molecule has 3 fully saturated rings. The van der Waals surface area contributed by atoms with Gasteiger partial charge in [-0.05, 0) is 90.1 Å². The summed E-state index contributed by atoms with van der Waals surface area (Å²) in [5.41, 5.74) is 4.40. The van der Waals surface area contributed by atoms with Crippen LogP contribution in [-0.4, -0.2) is 43.0 Å². The van der Waals surface area contributed by atoms with E-state index in [4.69, 9.17) is 0 Å². The van der Waals surface area contributed by atoms with Crippen LogP contribution in [0, 0.1) is 8.99 Å². The summed E-state index contributed by atoms with van der Waals surface area (Å²) in [7, 11) is 0. The molecule has 0 radical (unpaired) electrons. The van der Waals surface area contributed by atoms with Gasteiger partial charge in [0.1, 0.15) is 0 Å². The number of rotatable bonds is 4. The molecule has 36 heavy (non-hydrogen) atoms. The van der Waals surface area contributed by atoms with E-state index in [9.17, 15) is 13.6 Å². The van der Waals surface area contributed by atoms with E-state index in [0.29, 0.717) is 16.7 Å². The van der Waals surface area contributed by atoms with Gasteiger partial charge in [0.05, 0.1) is 22.5 Å². The first-order valence-electron chi connectivity index (χ1n) is 12.7. The molecule has 2 aliphatic heterocycles. The zero-order chi connectivity index (χ0) is 24.9. The normalized spacial score (nSPS) is 20.5. The highest BCUT2D eigenvalue weighted by molar-refractivity contribution is 14.1. The number of amides is 1. The monoisotopic (exact) mass is 602 g/mol. The van der Waals surface area contributed by atoms with Gasteiger partial charge in [0.25, 0.3) is 11.8 Å². The van der Waals surface area contributed by atoms with Crippen LogP contribution in [0.25, 0.3) is 10.9 Å². The minimum Gasteiger partial charge on any atom is -0.371 e. The second kappa shape index (κ2) is 9.11. The Labute approximate surface area is 223 Å². The van der Waals surface area contributed by atoms with Crippen LogP contribution >= 0.6 is 22.6 Å². The molecule has 6 rings (SSSR count). The van der Waals surface area contributed by atoms with Crippen molar-refractivity contribution in [3.63, 3.8) is 0 Å². The number of nitrogens with zero attached hydrogens (tertiary/aromatic N) is 3. The summed E-state index contributed by atoms with van der Waals surface area (Å²) >= 11 is 2.30. The van der Waals surface area contributed by atoms with E-state index < -0.39 is 5.92 Å². The molecule has 1 saturated carbocycles. The minimum absolute atomic E-state index is 0.160. The summed E-state index contributed by atoms with van der Waals surface area (Å²) in [6, 6.07) is 13.6. The van der Waals surface area contributed by atoms with Crippen LogP contribution in [0.1, 0.15) is 48.9 Å². The number of piperidine rings is 2. The van der Waals surface area contributed by atoms with E-state index in [0.717, 1.165) is 38.9 Å². The van der Waals surface area contributed by atoms with E-state index in [1.807, 2.05) is 41.3 Å². The van der Waals surface area contributed by atoms with Crippen molar-refractivity contribution in [2.75, 3.05) is 41.3 Å². The van der Waals surface area contributed by atoms with Gasteiger partial charge in [0.15, 0.2) is 0 Å². The first-order chi connectivity index (χ1) is 17.3. The molecule has 8 heteroatoms. The summed E-state index contributed by atoms with van der Waals surface area (Å²) in [4.78, 5) is 22.4. The van der Waals surface area contributed by atoms with E-state index in [-0.39, 0.29) is 31.8 Å². The van der Waals surface area contributed by atoms with Crippen LogP contribution in [0.4, 0.5) is 25.8 Å². The second-order valence-electron chi connectivity index (χ2n) is 10.5. The van der Waals surface area contributed by atoms with Crippen molar-refractivity contribution in [3.05, 3.63) is 57.8 Å². The molecule has 3 aromatic rings. The van der Waals surface area contributed by atoms with E-state index >= 15 is 0 Å². The number of hydrogen-bond donors (Lipinski definition) is 1. The summed E-state index contributed by atoms with van der Waals surface area (Å²) in [6.45, 7) is 2.47. The Bertz CT molecular complexity index is 1310. The van der Waals surface area contributed by atoms with Crippen molar-refractivity contribution in [1.82, 2.24) is 4.98 Å². The lowest BCUT2D eigenvalue weighted by Crippen LogP contribution is -2.39. The van der Waals surface area contributed by atoms with Gasteiger partial charge in [-0.3, -0.25) is 9.78 Å². The number of benzene rings is 2. The van der Waals surface area contributed by atoms with Crippen molar-refractivity contribution < 1.29 is 13.6 Å². The second-order valence-corrected chi connectivity index (χ2v) is 11.8. The van der Waals surface area contributed by atoms with Crippen molar-refractivity contribution in [1.29, 1.82) is 0 Å². The van der Waals surface area contributed by atoms with Gasteiger partial charge in [-0.15, -0.1) is 0 Å². The Hall–Kier alpha value is -2.49. The Morgan fingerprint density at radius 1 is 0.889 bits per heavy atom. The molecular weight excluding hydrogens is 573 g/mol. The molecule has 1 N–H and O–H groups in total. The molecular formula is C28H29F2IN4O. The summed E-state index contributed by atoms with van der Waals surface area (Å²) < 4.78 is 28.7. The van der Waals surface area contributed by atoms with E-state index in [1.165, 1.54) is 25.7 Å². The Balaban J connectivity index is 1.29. The lowest BCUT2D eigenvalue weighted by atomic mass is 9.93. The predicted octanol–water partition coefficient (Wildman–Crippen LogP) is 6.71. The first kappa shape index (κ1) is 23.9. The van der Waals surface area contributed by atoms with Crippen LogP contribution in [0.5, 0.6) is 0 Å². The zero-order valence-corrected chi connectivity index (χ0v) is 22.2. The van der Waals surface area contributed by atoms with Gasteiger partial charge < -0.3 is 15.1 Å². The highest BCUT2D eigenvalue weighted by atomic mass is 127. The number of carbonyl (C=O) groups is 1. The van der Waals surface area contributed by atoms with Gasteiger partial charge in [0, 0.05) is 59.9 Å². The lowest BCUT2D eigenvalue weighted by molar-refractivity contribution is -0.0220. The van der Waals surface area contributed by atoms with Gasteiger partial charge in [0.2, 0.25) is 0 Å². The Morgan fingerprint density at radius 2 is 1.58 bits per heavy atom.